The molecule has 2 rings (SSSR count). The SMILES string of the molecule is CN1CCC2(C(N)=O)CC12C. The molecule has 3 nitrogen and oxygen atoms in total. The zero-order chi connectivity index (χ0) is 8.28. The molecule has 1 saturated carbocycles. The summed E-state index contributed by atoms with van der Waals surface area (Å²) in [5.41, 5.74) is 5.29. The second-order valence-electron chi connectivity index (χ2n) is 4.07. The standard InChI is InChI=1S/C8H14N2O/c1-7-5-8(7,6(9)11)3-4-10(7)2/h3-5H2,1-2H3,(H2,9,11). The van der Waals surface area contributed by atoms with Gasteiger partial charge < -0.3 is 5.73 Å². The van der Waals surface area contributed by atoms with Crippen molar-refractivity contribution in [1.29, 1.82) is 0 Å². The number of carbonyl (C=O) groups is 1. The molecule has 1 aliphatic carbocycles. The van der Waals surface area contributed by atoms with Gasteiger partial charge in [0, 0.05) is 5.54 Å². The van der Waals surface area contributed by atoms with E-state index in [1.54, 1.807) is 0 Å². The van der Waals surface area contributed by atoms with Crippen LogP contribution in [0.25, 0.3) is 0 Å². The molecule has 1 heterocycles. The molecule has 0 aromatic heterocycles. The van der Waals surface area contributed by atoms with Gasteiger partial charge in [0.25, 0.3) is 0 Å². The fourth-order valence-electron chi connectivity index (χ4n) is 2.48. The summed E-state index contributed by atoms with van der Waals surface area (Å²) in [6, 6.07) is 0. The van der Waals surface area contributed by atoms with Crippen molar-refractivity contribution in [3.63, 3.8) is 0 Å². The van der Waals surface area contributed by atoms with Crippen molar-refractivity contribution in [2.24, 2.45) is 11.1 Å². The average Bonchev–Trinajstić information content (AvgIpc) is 2.47. The summed E-state index contributed by atoms with van der Waals surface area (Å²) < 4.78 is 0. The lowest BCUT2D eigenvalue weighted by Crippen LogP contribution is -2.33. The van der Waals surface area contributed by atoms with E-state index in [9.17, 15) is 4.79 Å². The Hall–Kier alpha value is -0.570. The van der Waals surface area contributed by atoms with Crippen LogP contribution < -0.4 is 5.73 Å². The van der Waals surface area contributed by atoms with Crippen LogP contribution in [0.2, 0.25) is 0 Å². The van der Waals surface area contributed by atoms with Crippen molar-refractivity contribution in [1.82, 2.24) is 4.90 Å². The fourth-order valence-corrected chi connectivity index (χ4v) is 2.48. The van der Waals surface area contributed by atoms with Crippen molar-refractivity contribution >= 4 is 5.91 Å². The lowest BCUT2D eigenvalue weighted by atomic mass is 10.00. The van der Waals surface area contributed by atoms with Crippen molar-refractivity contribution < 1.29 is 4.79 Å². The van der Waals surface area contributed by atoms with Gasteiger partial charge >= 0.3 is 0 Å². The number of hydrogen-bond donors (Lipinski definition) is 1. The van der Waals surface area contributed by atoms with Gasteiger partial charge in [-0.15, -0.1) is 0 Å². The lowest BCUT2D eigenvalue weighted by molar-refractivity contribution is -0.123. The number of rotatable bonds is 1. The number of primary amides is 1. The van der Waals surface area contributed by atoms with Crippen LogP contribution in [-0.2, 0) is 4.79 Å². The van der Waals surface area contributed by atoms with Gasteiger partial charge in [0.05, 0.1) is 5.41 Å². The average molecular weight is 154 g/mol. The van der Waals surface area contributed by atoms with Crippen LogP contribution in [0.1, 0.15) is 19.8 Å². The Kier molecular flexibility index (Phi) is 1.04. The number of carbonyl (C=O) groups excluding carboxylic acids is 1. The van der Waals surface area contributed by atoms with Crippen LogP contribution in [0, 0.1) is 5.41 Å². The van der Waals surface area contributed by atoms with E-state index in [2.05, 4.69) is 18.9 Å². The van der Waals surface area contributed by atoms with E-state index in [1.807, 2.05) is 0 Å². The highest BCUT2D eigenvalue weighted by atomic mass is 16.1. The van der Waals surface area contributed by atoms with Crippen molar-refractivity contribution in [2.45, 2.75) is 25.3 Å². The maximum atomic E-state index is 11.1. The molecule has 0 radical (unpaired) electrons. The molecule has 0 spiro atoms. The first-order chi connectivity index (χ1) is 5.03. The highest BCUT2D eigenvalue weighted by molar-refractivity contribution is 5.87. The van der Waals surface area contributed by atoms with E-state index >= 15 is 0 Å². The lowest BCUT2D eigenvalue weighted by Gasteiger charge is -2.18. The number of nitrogens with zero attached hydrogens (tertiary/aromatic N) is 1. The Bertz CT molecular complexity index is 224. The topological polar surface area (TPSA) is 46.3 Å². The van der Waals surface area contributed by atoms with E-state index in [0.29, 0.717) is 0 Å². The molecule has 2 unspecified atom stereocenters. The fraction of sp³-hybridized carbons (Fsp3) is 0.875. The minimum absolute atomic E-state index is 0.0961. The number of amides is 1. The molecular formula is C8H14N2O. The van der Waals surface area contributed by atoms with Gasteiger partial charge in [0.2, 0.25) is 5.91 Å². The van der Waals surface area contributed by atoms with Crippen LogP contribution in [0.15, 0.2) is 0 Å². The van der Waals surface area contributed by atoms with Gasteiger partial charge in [-0.1, -0.05) is 0 Å². The Morgan fingerprint density at radius 2 is 2.27 bits per heavy atom. The summed E-state index contributed by atoms with van der Waals surface area (Å²) in [7, 11) is 2.07. The Morgan fingerprint density at radius 3 is 2.45 bits per heavy atom. The van der Waals surface area contributed by atoms with Gasteiger partial charge in [-0.2, -0.15) is 0 Å². The minimum Gasteiger partial charge on any atom is -0.369 e. The molecule has 0 aromatic rings. The van der Waals surface area contributed by atoms with E-state index in [1.165, 1.54) is 0 Å². The molecule has 1 aliphatic heterocycles. The Balaban J connectivity index is 2.30. The van der Waals surface area contributed by atoms with Crippen LogP contribution in [0.5, 0.6) is 0 Å². The molecule has 2 N–H and O–H groups in total. The Labute approximate surface area is 66.5 Å². The molecule has 3 heteroatoms. The first-order valence-electron chi connectivity index (χ1n) is 4.04. The number of likely N-dealkylation sites (tertiary alicyclic amines) is 1. The van der Waals surface area contributed by atoms with E-state index in [0.717, 1.165) is 19.4 Å². The van der Waals surface area contributed by atoms with Crippen LogP contribution >= 0.6 is 0 Å². The molecular weight excluding hydrogens is 140 g/mol. The summed E-state index contributed by atoms with van der Waals surface area (Å²) in [5, 5.41) is 0. The van der Waals surface area contributed by atoms with Crippen LogP contribution in [0.3, 0.4) is 0 Å². The summed E-state index contributed by atoms with van der Waals surface area (Å²) in [6.07, 6.45) is 1.92. The molecule has 2 aliphatic rings. The Morgan fingerprint density at radius 1 is 1.64 bits per heavy atom. The monoisotopic (exact) mass is 154 g/mol. The second-order valence-corrected chi connectivity index (χ2v) is 4.07. The molecule has 1 saturated heterocycles. The molecule has 1 amide bonds. The van der Waals surface area contributed by atoms with Crippen LogP contribution in [0.4, 0.5) is 0 Å². The van der Waals surface area contributed by atoms with Crippen molar-refractivity contribution in [3.05, 3.63) is 0 Å². The maximum Gasteiger partial charge on any atom is 0.225 e. The highest BCUT2D eigenvalue weighted by Gasteiger charge is 2.73. The third kappa shape index (κ3) is 0.562. The number of nitrogens with two attached hydrogens (primary N) is 1. The van der Waals surface area contributed by atoms with Gasteiger partial charge in [0.15, 0.2) is 0 Å². The number of fused-ring (bicyclic) bond motifs is 1. The zero-order valence-electron chi connectivity index (χ0n) is 7.05. The van der Waals surface area contributed by atoms with Gasteiger partial charge in [-0.05, 0) is 33.4 Å². The number of hydrogen-bond acceptors (Lipinski definition) is 2. The smallest absolute Gasteiger partial charge is 0.225 e. The maximum absolute atomic E-state index is 11.1. The molecule has 62 valence electrons. The molecule has 2 fully saturated rings. The quantitative estimate of drug-likeness (QED) is 0.576. The van der Waals surface area contributed by atoms with E-state index < -0.39 is 0 Å². The molecule has 0 bridgehead atoms. The van der Waals surface area contributed by atoms with Gasteiger partial charge in [0.1, 0.15) is 0 Å². The summed E-state index contributed by atoms with van der Waals surface area (Å²) >= 11 is 0. The van der Waals surface area contributed by atoms with Crippen molar-refractivity contribution in [3.8, 4) is 0 Å². The predicted octanol–water partition coefficient (Wildman–Crippen LogP) is -0.0440. The molecule has 11 heavy (non-hydrogen) atoms. The van der Waals surface area contributed by atoms with Gasteiger partial charge in [-0.25, -0.2) is 0 Å². The van der Waals surface area contributed by atoms with E-state index in [4.69, 9.17) is 5.73 Å². The van der Waals surface area contributed by atoms with E-state index in [-0.39, 0.29) is 16.9 Å². The minimum atomic E-state index is -0.165. The molecule has 2 atom stereocenters. The highest BCUT2D eigenvalue weighted by Crippen LogP contribution is 2.65. The summed E-state index contributed by atoms with van der Waals surface area (Å²) in [5.74, 6) is -0.107. The van der Waals surface area contributed by atoms with Crippen LogP contribution in [-0.4, -0.2) is 29.9 Å². The number of piperidine rings is 1. The normalized spacial score (nSPS) is 48.9. The largest absolute Gasteiger partial charge is 0.369 e. The summed E-state index contributed by atoms with van der Waals surface area (Å²) in [4.78, 5) is 13.4. The third-order valence-electron chi connectivity index (χ3n) is 3.74. The summed E-state index contributed by atoms with van der Waals surface area (Å²) in [6.45, 7) is 3.14. The zero-order valence-corrected chi connectivity index (χ0v) is 7.05. The van der Waals surface area contributed by atoms with Crippen molar-refractivity contribution in [2.75, 3.05) is 13.6 Å². The third-order valence-corrected chi connectivity index (χ3v) is 3.74. The first-order valence-corrected chi connectivity index (χ1v) is 4.04. The molecule has 0 aromatic carbocycles. The second kappa shape index (κ2) is 1.61. The van der Waals surface area contributed by atoms with Gasteiger partial charge in [-0.3, -0.25) is 9.69 Å². The first kappa shape index (κ1) is 7.10. The predicted molar refractivity (Wildman–Crippen MR) is 41.9 cm³/mol.